The predicted molar refractivity (Wildman–Crippen MR) is 72.8 cm³/mol. The van der Waals surface area contributed by atoms with Crippen molar-refractivity contribution in [3.63, 3.8) is 0 Å². The summed E-state index contributed by atoms with van der Waals surface area (Å²) in [7, 11) is 0. The number of para-hydroxylation sites is 1. The van der Waals surface area contributed by atoms with E-state index in [-0.39, 0.29) is 6.04 Å². The Hall–Kier alpha value is -1.87. The first kappa shape index (κ1) is 11.2. The van der Waals surface area contributed by atoms with E-state index in [9.17, 15) is 0 Å². The van der Waals surface area contributed by atoms with Crippen molar-refractivity contribution in [1.82, 2.24) is 15.0 Å². The van der Waals surface area contributed by atoms with Crippen molar-refractivity contribution in [2.75, 3.05) is 0 Å². The van der Waals surface area contributed by atoms with Gasteiger partial charge in [0.2, 0.25) is 0 Å². The second-order valence-corrected chi connectivity index (χ2v) is 4.63. The molecule has 0 amide bonds. The molecule has 0 radical (unpaired) electrons. The molecule has 0 spiro atoms. The standard InChI is InChI=1S/C14H12ClN3/c1-10(11-6-2-3-7-12(11)15)18-14-9-5-4-8-13(14)16-17-18/h2-10H,1H3/t10-/m0/s1. The molecule has 0 aliphatic rings. The lowest BCUT2D eigenvalue weighted by Gasteiger charge is -2.14. The number of hydrogen-bond donors (Lipinski definition) is 0. The lowest BCUT2D eigenvalue weighted by molar-refractivity contribution is 0.560. The lowest BCUT2D eigenvalue weighted by atomic mass is 10.1. The van der Waals surface area contributed by atoms with Crippen molar-refractivity contribution in [2.45, 2.75) is 13.0 Å². The van der Waals surface area contributed by atoms with E-state index in [1.54, 1.807) is 0 Å². The molecule has 1 atom stereocenters. The van der Waals surface area contributed by atoms with Crippen LogP contribution in [0.1, 0.15) is 18.5 Å². The molecule has 4 heteroatoms. The fraction of sp³-hybridized carbons (Fsp3) is 0.143. The Bertz CT molecular complexity index is 690. The summed E-state index contributed by atoms with van der Waals surface area (Å²) in [6.45, 7) is 2.07. The van der Waals surface area contributed by atoms with Crippen LogP contribution in [0.4, 0.5) is 0 Å². The van der Waals surface area contributed by atoms with Crippen LogP contribution in [-0.2, 0) is 0 Å². The molecule has 90 valence electrons. The number of hydrogen-bond acceptors (Lipinski definition) is 2. The molecule has 0 aliphatic carbocycles. The molecule has 0 fully saturated rings. The van der Waals surface area contributed by atoms with Crippen LogP contribution in [-0.4, -0.2) is 15.0 Å². The summed E-state index contributed by atoms with van der Waals surface area (Å²) in [6.07, 6.45) is 0. The number of aromatic nitrogens is 3. The smallest absolute Gasteiger partial charge is 0.113 e. The number of benzene rings is 2. The number of fused-ring (bicyclic) bond motifs is 1. The number of nitrogens with zero attached hydrogens (tertiary/aromatic N) is 3. The summed E-state index contributed by atoms with van der Waals surface area (Å²) in [5.41, 5.74) is 2.97. The van der Waals surface area contributed by atoms with Crippen LogP contribution in [0.2, 0.25) is 5.02 Å². The van der Waals surface area contributed by atoms with Crippen LogP contribution in [0, 0.1) is 0 Å². The maximum Gasteiger partial charge on any atom is 0.113 e. The van der Waals surface area contributed by atoms with Crippen molar-refractivity contribution in [3.05, 3.63) is 59.1 Å². The molecule has 18 heavy (non-hydrogen) atoms. The zero-order valence-electron chi connectivity index (χ0n) is 9.92. The summed E-state index contributed by atoms with van der Waals surface area (Å²) in [5, 5.41) is 9.14. The Morgan fingerprint density at radius 3 is 2.61 bits per heavy atom. The van der Waals surface area contributed by atoms with Gasteiger partial charge >= 0.3 is 0 Å². The van der Waals surface area contributed by atoms with E-state index in [0.29, 0.717) is 0 Å². The van der Waals surface area contributed by atoms with E-state index in [4.69, 9.17) is 11.6 Å². The van der Waals surface area contributed by atoms with Crippen LogP contribution in [0.15, 0.2) is 48.5 Å². The molecule has 0 unspecified atom stereocenters. The van der Waals surface area contributed by atoms with Gasteiger partial charge < -0.3 is 0 Å². The van der Waals surface area contributed by atoms with Crippen molar-refractivity contribution in [2.24, 2.45) is 0 Å². The van der Waals surface area contributed by atoms with Gasteiger partial charge in [0.1, 0.15) is 5.52 Å². The van der Waals surface area contributed by atoms with E-state index in [1.807, 2.05) is 53.2 Å². The molecule has 1 aromatic heterocycles. The Balaban J connectivity index is 2.13. The predicted octanol–water partition coefficient (Wildman–Crippen LogP) is 3.69. The maximum atomic E-state index is 6.23. The van der Waals surface area contributed by atoms with Gasteiger partial charge in [0.05, 0.1) is 11.6 Å². The molecule has 3 rings (SSSR count). The third-order valence-corrected chi connectivity index (χ3v) is 3.44. The van der Waals surface area contributed by atoms with E-state index in [1.165, 1.54) is 0 Å². The highest BCUT2D eigenvalue weighted by molar-refractivity contribution is 6.31. The molecule has 0 bridgehead atoms. The van der Waals surface area contributed by atoms with Crippen molar-refractivity contribution in [1.29, 1.82) is 0 Å². The van der Waals surface area contributed by atoms with Crippen LogP contribution in [0.25, 0.3) is 11.0 Å². The fourth-order valence-corrected chi connectivity index (χ4v) is 2.41. The van der Waals surface area contributed by atoms with Crippen LogP contribution >= 0.6 is 11.6 Å². The number of halogens is 1. The van der Waals surface area contributed by atoms with Gasteiger partial charge in [-0.25, -0.2) is 4.68 Å². The lowest BCUT2D eigenvalue weighted by Crippen LogP contribution is -2.09. The van der Waals surface area contributed by atoms with E-state index < -0.39 is 0 Å². The van der Waals surface area contributed by atoms with Crippen molar-refractivity contribution in [3.8, 4) is 0 Å². The van der Waals surface area contributed by atoms with E-state index in [2.05, 4.69) is 17.2 Å². The zero-order valence-corrected chi connectivity index (χ0v) is 10.7. The van der Waals surface area contributed by atoms with Gasteiger partial charge in [0, 0.05) is 5.02 Å². The number of rotatable bonds is 2. The molecule has 0 N–H and O–H groups in total. The van der Waals surface area contributed by atoms with Crippen LogP contribution in [0.5, 0.6) is 0 Å². The Kier molecular flexibility index (Phi) is 2.76. The third kappa shape index (κ3) is 1.77. The van der Waals surface area contributed by atoms with Gasteiger partial charge in [0.15, 0.2) is 0 Å². The highest BCUT2D eigenvalue weighted by Crippen LogP contribution is 2.27. The largest absolute Gasteiger partial charge is 0.237 e. The minimum absolute atomic E-state index is 0.0612. The monoisotopic (exact) mass is 257 g/mol. The summed E-state index contributed by atoms with van der Waals surface area (Å²) >= 11 is 6.23. The molecule has 0 saturated carbocycles. The molecule has 3 aromatic rings. The topological polar surface area (TPSA) is 30.7 Å². The van der Waals surface area contributed by atoms with Gasteiger partial charge in [0.25, 0.3) is 0 Å². The van der Waals surface area contributed by atoms with Crippen molar-refractivity contribution >= 4 is 22.6 Å². The quantitative estimate of drug-likeness (QED) is 0.701. The zero-order chi connectivity index (χ0) is 12.5. The normalized spacial score (nSPS) is 12.8. The summed E-state index contributed by atoms with van der Waals surface area (Å²) < 4.78 is 1.90. The average Bonchev–Trinajstić information content (AvgIpc) is 2.82. The highest BCUT2D eigenvalue weighted by Gasteiger charge is 2.14. The third-order valence-electron chi connectivity index (χ3n) is 3.10. The van der Waals surface area contributed by atoms with Gasteiger partial charge in [-0.3, -0.25) is 0 Å². The second-order valence-electron chi connectivity index (χ2n) is 4.22. The second kappa shape index (κ2) is 4.42. The van der Waals surface area contributed by atoms with Crippen molar-refractivity contribution < 1.29 is 0 Å². The molecule has 2 aromatic carbocycles. The fourth-order valence-electron chi connectivity index (χ4n) is 2.12. The molecular formula is C14H12ClN3. The highest BCUT2D eigenvalue weighted by atomic mass is 35.5. The molecular weight excluding hydrogens is 246 g/mol. The average molecular weight is 258 g/mol. The van der Waals surface area contributed by atoms with E-state index >= 15 is 0 Å². The Labute approximate surface area is 110 Å². The SMILES string of the molecule is C[C@@H](c1ccccc1Cl)n1nnc2ccccc21. The summed E-state index contributed by atoms with van der Waals surface area (Å²) in [6, 6.07) is 15.8. The van der Waals surface area contributed by atoms with Gasteiger partial charge in [-0.2, -0.15) is 0 Å². The first-order valence-corrected chi connectivity index (χ1v) is 6.19. The molecule has 1 heterocycles. The Morgan fingerprint density at radius 1 is 1.06 bits per heavy atom. The van der Waals surface area contributed by atoms with Gasteiger partial charge in [-0.1, -0.05) is 47.1 Å². The minimum atomic E-state index is 0.0612. The summed E-state index contributed by atoms with van der Waals surface area (Å²) in [5.74, 6) is 0. The molecule has 3 nitrogen and oxygen atoms in total. The maximum absolute atomic E-state index is 6.23. The van der Waals surface area contributed by atoms with E-state index in [0.717, 1.165) is 21.6 Å². The first-order chi connectivity index (χ1) is 8.77. The Morgan fingerprint density at radius 2 is 1.78 bits per heavy atom. The van der Waals surface area contributed by atoms with Gasteiger partial charge in [-0.05, 0) is 30.7 Å². The molecule has 0 saturated heterocycles. The van der Waals surface area contributed by atoms with Crippen LogP contribution < -0.4 is 0 Å². The molecule has 0 aliphatic heterocycles. The van der Waals surface area contributed by atoms with Gasteiger partial charge in [-0.15, -0.1) is 5.10 Å². The first-order valence-electron chi connectivity index (χ1n) is 5.82. The summed E-state index contributed by atoms with van der Waals surface area (Å²) in [4.78, 5) is 0. The van der Waals surface area contributed by atoms with Crippen LogP contribution in [0.3, 0.4) is 0 Å². The minimum Gasteiger partial charge on any atom is -0.237 e.